The van der Waals surface area contributed by atoms with Crippen molar-refractivity contribution in [1.29, 1.82) is 0 Å². The summed E-state index contributed by atoms with van der Waals surface area (Å²) in [6.45, 7) is 2.28. The van der Waals surface area contributed by atoms with E-state index in [1.165, 1.54) is 0 Å². The molecule has 1 fully saturated rings. The molecule has 3 N–H and O–H groups in total. The number of rotatable bonds is 3. The van der Waals surface area contributed by atoms with Gasteiger partial charge in [0.25, 0.3) is 5.91 Å². The molecule has 27 heavy (non-hydrogen) atoms. The lowest BCUT2D eigenvalue weighted by molar-refractivity contribution is 0.0903. The van der Waals surface area contributed by atoms with E-state index in [1.54, 1.807) is 0 Å². The lowest BCUT2D eigenvalue weighted by atomic mass is 10.1. The lowest BCUT2D eigenvalue weighted by Crippen LogP contribution is -2.31. The molecular weight excluding hydrogens is 340 g/mol. The fraction of sp³-hybridized carbons (Fsp3) is 0.333. The van der Waals surface area contributed by atoms with Crippen molar-refractivity contribution in [3.05, 3.63) is 47.7 Å². The van der Waals surface area contributed by atoms with Crippen LogP contribution in [-0.2, 0) is 11.2 Å². The minimum Gasteiger partial charge on any atom is -0.381 e. The molecule has 0 spiro atoms. The number of hydrogen-bond acceptors (Lipinski definition) is 4. The first-order valence-corrected chi connectivity index (χ1v) is 9.52. The zero-order valence-corrected chi connectivity index (χ0v) is 15.0. The summed E-state index contributed by atoms with van der Waals surface area (Å²) in [5.41, 5.74) is 4.64. The number of benzene rings is 1. The molecule has 6 nitrogen and oxygen atoms in total. The van der Waals surface area contributed by atoms with Crippen LogP contribution < -0.4 is 10.6 Å². The zero-order valence-electron chi connectivity index (χ0n) is 15.0. The average Bonchev–Trinajstić information content (AvgIpc) is 3.14. The SMILES string of the molecule is O=C1NCCc2[nH]c(-c3cccc4ccc(NC5CCOCC5)nc34)cc21. The second-order valence-electron chi connectivity index (χ2n) is 7.19. The van der Waals surface area contributed by atoms with E-state index in [1.807, 2.05) is 18.2 Å². The van der Waals surface area contributed by atoms with Crippen molar-refractivity contribution in [2.45, 2.75) is 25.3 Å². The van der Waals surface area contributed by atoms with E-state index < -0.39 is 0 Å². The highest BCUT2D eigenvalue weighted by atomic mass is 16.5. The molecule has 6 heteroatoms. The number of nitrogens with zero attached hydrogens (tertiary/aromatic N) is 1. The molecule has 2 aromatic heterocycles. The van der Waals surface area contributed by atoms with Crippen molar-refractivity contribution in [3.8, 4) is 11.3 Å². The number of ether oxygens (including phenoxy) is 1. The van der Waals surface area contributed by atoms with Gasteiger partial charge >= 0.3 is 0 Å². The van der Waals surface area contributed by atoms with Gasteiger partial charge in [0.15, 0.2) is 0 Å². The van der Waals surface area contributed by atoms with Gasteiger partial charge in [-0.05, 0) is 31.0 Å². The molecule has 2 aliphatic rings. The van der Waals surface area contributed by atoms with Gasteiger partial charge in [-0.3, -0.25) is 4.79 Å². The van der Waals surface area contributed by atoms with Crippen LogP contribution in [0.5, 0.6) is 0 Å². The first-order valence-electron chi connectivity index (χ1n) is 9.52. The Morgan fingerprint density at radius 1 is 1.11 bits per heavy atom. The number of anilines is 1. The summed E-state index contributed by atoms with van der Waals surface area (Å²) < 4.78 is 5.44. The largest absolute Gasteiger partial charge is 0.381 e. The fourth-order valence-electron chi connectivity index (χ4n) is 3.93. The van der Waals surface area contributed by atoms with Gasteiger partial charge in [0, 0.05) is 54.6 Å². The first-order chi connectivity index (χ1) is 13.3. The highest BCUT2D eigenvalue weighted by molar-refractivity contribution is 6.00. The number of carbonyl (C=O) groups excluding carboxylic acids is 1. The maximum absolute atomic E-state index is 12.1. The van der Waals surface area contributed by atoms with Gasteiger partial charge < -0.3 is 20.4 Å². The molecule has 3 aromatic rings. The van der Waals surface area contributed by atoms with Gasteiger partial charge in [0.1, 0.15) is 5.82 Å². The maximum Gasteiger partial charge on any atom is 0.253 e. The number of hydrogen-bond donors (Lipinski definition) is 3. The third-order valence-electron chi connectivity index (χ3n) is 5.39. The topological polar surface area (TPSA) is 79.0 Å². The second-order valence-corrected chi connectivity index (χ2v) is 7.19. The Labute approximate surface area is 157 Å². The third kappa shape index (κ3) is 3.06. The molecule has 0 unspecified atom stereocenters. The lowest BCUT2D eigenvalue weighted by Gasteiger charge is -2.23. The summed E-state index contributed by atoms with van der Waals surface area (Å²) in [5, 5.41) is 7.53. The van der Waals surface area contributed by atoms with Crippen LogP contribution in [0.1, 0.15) is 28.9 Å². The Hall–Kier alpha value is -2.86. The Morgan fingerprint density at radius 2 is 2.00 bits per heavy atom. The number of fused-ring (bicyclic) bond motifs is 2. The summed E-state index contributed by atoms with van der Waals surface area (Å²) in [6.07, 6.45) is 2.83. The van der Waals surface area contributed by atoms with E-state index in [2.05, 4.69) is 33.8 Å². The van der Waals surface area contributed by atoms with E-state index in [0.717, 1.165) is 71.7 Å². The average molecular weight is 362 g/mol. The van der Waals surface area contributed by atoms with Gasteiger partial charge in [-0.15, -0.1) is 0 Å². The molecule has 0 saturated carbocycles. The van der Waals surface area contributed by atoms with Crippen LogP contribution in [0.2, 0.25) is 0 Å². The van der Waals surface area contributed by atoms with Crippen molar-refractivity contribution >= 4 is 22.6 Å². The predicted molar refractivity (Wildman–Crippen MR) is 105 cm³/mol. The Kier molecular flexibility index (Phi) is 4.05. The van der Waals surface area contributed by atoms with E-state index >= 15 is 0 Å². The van der Waals surface area contributed by atoms with Crippen molar-refractivity contribution < 1.29 is 9.53 Å². The van der Waals surface area contributed by atoms with Crippen LogP contribution in [-0.4, -0.2) is 41.7 Å². The normalized spacial score (nSPS) is 17.6. The number of H-pyrrole nitrogens is 1. The number of para-hydroxylation sites is 1. The van der Waals surface area contributed by atoms with Gasteiger partial charge in [-0.25, -0.2) is 4.98 Å². The molecule has 0 radical (unpaired) electrons. The molecule has 0 bridgehead atoms. The standard InChI is InChI=1S/C21H22N4O2/c26-21-16-12-18(24-17(16)6-9-22-21)15-3-1-2-13-4-5-19(25-20(13)15)23-14-7-10-27-11-8-14/h1-5,12,14,24H,6-11H2,(H,22,26)(H,23,25). The van der Waals surface area contributed by atoms with Gasteiger partial charge in [0.2, 0.25) is 0 Å². The maximum atomic E-state index is 12.1. The van der Waals surface area contributed by atoms with Crippen molar-refractivity contribution in [3.63, 3.8) is 0 Å². The fourth-order valence-corrected chi connectivity index (χ4v) is 3.93. The number of nitrogens with one attached hydrogen (secondary N) is 3. The molecule has 1 saturated heterocycles. The summed E-state index contributed by atoms with van der Waals surface area (Å²) in [6, 6.07) is 12.6. The summed E-state index contributed by atoms with van der Waals surface area (Å²) in [5.74, 6) is 0.879. The smallest absolute Gasteiger partial charge is 0.253 e. The number of aromatic nitrogens is 2. The highest BCUT2D eigenvalue weighted by Crippen LogP contribution is 2.30. The zero-order chi connectivity index (χ0) is 18.2. The molecule has 2 aliphatic heterocycles. The highest BCUT2D eigenvalue weighted by Gasteiger charge is 2.21. The van der Waals surface area contributed by atoms with E-state index in [4.69, 9.17) is 9.72 Å². The van der Waals surface area contributed by atoms with E-state index in [-0.39, 0.29) is 5.91 Å². The second kappa shape index (κ2) is 6.70. The Morgan fingerprint density at radius 3 is 2.85 bits per heavy atom. The van der Waals surface area contributed by atoms with Crippen LogP contribution >= 0.6 is 0 Å². The van der Waals surface area contributed by atoms with E-state index in [0.29, 0.717) is 12.6 Å². The molecule has 0 aliphatic carbocycles. The Balaban J connectivity index is 1.54. The number of carbonyl (C=O) groups is 1. The van der Waals surface area contributed by atoms with Crippen LogP contribution in [0, 0.1) is 0 Å². The molecule has 5 rings (SSSR count). The molecule has 1 amide bonds. The monoisotopic (exact) mass is 362 g/mol. The molecule has 138 valence electrons. The summed E-state index contributed by atoms with van der Waals surface area (Å²) in [4.78, 5) is 20.4. The van der Waals surface area contributed by atoms with Gasteiger partial charge in [-0.2, -0.15) is 0 Å². The van der Waals surface area contributed by atoms with Crippen LogP contribution in [0.3, 0.4) is 0 Å². The predicted octanol–water partition coefficient (Wildman–Crippen LogP) is 3.11. The van der Waals surface area contributed by atoms with E-state index in [9.17, 15) is 4.79 Å². The number of amides is 1. The van der Waals surface area contributed by atoms with Gasteiger partial charge in [0.05, 0.1) is 11.1 Å². The molecular formula is C21H22N4O2. The quantitative estimate of drug-likeness (QED) is 0.669. The number of pyridine rings is 1. The first kappa shape index (κ1) is 16.3. The minimum atomic E-state index is -0.00572. The molecule has 1 aromatic carbocycles. The van der Waals surface area contributed by atoms with Crippen molar-refractivity contribution in [2.24, 2.45) is 0 Å². The van der Waals surface area contributed by atoms with Gasteiger partial charge in [-0.1, -0.05) is 18.2 Å². The van der Waals surface area contributed by atoms with Crippen LogP contribution in [0.25, 0.3) is 22.2 Å². The van der Waals surface area contributed by atoms with Crippen molar-refractivity contribution in [2.75, 3.05) is 25.1 Å². The van der Waals surface area contributed by atoms with Crippen LogP contribution in [0.15, 0.2) is 36.4 Å². The molecule has 0 atom stereocenters. The number of aromatic amines is 1. The van der Waals surface area contributed by atoms with Crippen LogP contribution in [0.4, 0.5) is 5.82 Å². The minimum absolute atomic E-state index is 0.00572. The Bertz CT molecular complexity index is 1000. The molecule has 4 heterocycles. The third-order valence-corrected chi connectivity index (χ3v) is 5.39. The summed E-state index contributed by atoms with van der Waals surface area (Å²) >= 11 is 0. The summed E-state index contributed by atoms with van der Waals surface area (Å²) in [7, 11) is 0. The van der Waals surface area contributed by atoms with Crippen molar-refractivity contribution in [1.82, 2.24) is 15.3 Å².